The first-order valence-electron chi connectivity index (χ1n) is 5.49. The lowest BCUT2D eigenvalue weighted by Gasteiger charge is -2.32. The lowest BCUT2D eigenvalue weighted by molar-refractivity contribution is -0.120. The third kappa shape index (κ3) is 1.94. The van der Waals surface area contributed by atoms with Crippen LogP contribution in [0.5, 0.6) is 0 Å². The third-order valence-electron chi connectivity index (χ3n) is 2.85. The highest BCUT2D eigenvalue weighted by atomic mass is 16.3. The van der Waals surface area contributed by atoms with Crippen LogP contribution in [0.25, 0.3) is 0 Å². The highest BCUT2D eigenvalue weighted by molar-refractivity contribution is 6.00. The maximum atomic E-state index is 11.9. The number of carbonyl (C=O) groups is 1. The van der Waals surface area contributed by atoms with Gasteiger partial charge >= 0.3 is 0 Å². The SMILES string of the molecule is NC1Cc2ccccc2N(CCCO)C1=O. The van der Waals surface area contributed by atoms with Crippen molar-refractivity contribution in [2.24, 2.45) is 5.73 Å². The minimum Gasteiger partial charge on any atom is -0.396 e. The van der Waals surface area contributed by atoms with Crippen molar-refractivity contribution in [2.75, 3.05) is 18.1 Å². The van der Waals surface area contributed by atoms with E-state index < -0.39 is 6.04 Å². The molecule has 86 valence electrons. The zero-order chi connectivity index (χ0) is 11.5. The van der Waals surface area contributed by atoms with Crippen LogP contribution in [0.3, 0.4) is 0 Å². The Kier molecular flexibility index (Phi) is 3.22. The Hall–Kier alpha value is -1.39. The molecule has 1 amide bonds. The smallest absolute Gasteiger partial charge is 0.244 e. The van der Waals surface area contributed by atoms with Crippen LogP contribution in [0.4, 0.5) is 5.69 Å². The fraction of sp³-hybridized carbons (Fsp3) is 0.417. The second-order valence-corrected chi connectivity index (χ2v) is 4.01. The van der Waals surface area contributed by atoms with Crippen molar-refractivity contribution >= 4 is 11.6 Å². The first kappa shape index (κ1) is 11.1. The Balaban J connectivity index is 2.30. The van der Waals surface area contributed by atoms with E-state index in [9.17, 15) is 4.79 Å². The van der Waals surface area contributed by atoms with Crippen LogP contribution in [-0.2, 0) is 11.2 Å². The molecular formula is C12H16N2O2. The molecule has 1 atom stereocenters. The fourth-order valence-electron chi connectivity index (χ4n) is 2.05. The summed E-state index contributed by atoms with van der Waals surface area (Å²) in [6.07, 6.45) is 1.18. The van der Waals surface area contributed by atoms with E-state index in [1.54, 1.807) is 4.90 Å². The largest absolute Gasteiger partial charge is 0.396 e. The summed E-state index contributed by atoms with van der Waals surface area (Å²) in [5.41, 5.74) is 7.84. The van der Waals surface area contributed by atoms with Gasteiger partial charge in [-0.2, -0.15) is 0 Å². The van der Waals surface area contributed by atoms with Crippen LogP contribution < -0.4 is 10.6 Å². The number of anilines is 1. The Morgan fingerprint density at radius 3 is 2.94 bits per heavy atom. The van der Waals surface area contributed by atoms with Crippen LogP contribution in [0.1, 0.15) is 12.0 Å². The summed E-state index contributed by atoms with van der Waals surface area (Å²) >= 11 is 0. The summed E-state index contributed by atoms with van der Waals surface area (Å²) in [6.45, 7) is 0.612. The summed E-state index contributed by atoms with van der Waals surface area (Å²) in [4.78, 5) is 13.6. The number of carbonyl (C=O) groups excluding carboxylic acids is 1. The molecule has 0 bridgehead atoms. The zero-order valence-electron chi connectivity index (χ0n) is 9.10. The Labute approximate surface area is 94.7 Å². The number of aliphatic hydroxyl groups excluding tert-OH is 1. The standard InChI is InChI=1S/C12H16N2O2/c13-10-8-9-4-1-2-5-11(9)14(12(10)16)6-3-7-15/h1-2,4-5,10,15H,3,6-8,13H2. The molecule has 0 aliphatic carbocycles. The molecule has 1 aromatic rings. The first-order chi connectivity index (χ1) is 7.74. The number of rotatable bonds is 3. The molecule has 4 heteroatoms. The second-order valence-electron chi connectivity index (χ2n) is 4.01. The molecular weight excluding hydrogens is 204 g/mol. The molecule has 0 fully saturated rings. The number of aliphatic hydroxyl groups is 1. The maximum absolute atomic E-state index is 11.9. The van der Waals surface area contributed by atoms with Gasteiger partial charge in [0.25, 0.3) is 0 Å². The predicted octanol–water partition coefficient (Wildman–Crippen LogP) is 0.285. The molecule has 0 spiro atoms. The highest BCUT2D eigenvalue weighted by Gasteiger charge is 2.29. The third-order valence-corrected chi connectivity index (χ3v) is 2.85. The van der Waals surface area contributed by atoms with E-state index in [-0.39, 0.29) is 12.5 Å². The van der Waals surface area contributed by atoms with E-state index in [2.05, 4.69) is 0 Å². The van der Waals surface area contributed by atoms with E-state index in [0.29, 0.717) is 19.4 Å². The molecule has 0 saturated heterocycles. The zero-order valence-corrected chi connectivity index (χ0v) is 9.10. The van der Waals surface area contributed by atoms with Crippen molar-refractivity contribution < 1.29 is 9.90 Å². The van der Waals surface area contributed by atoms with Gasteiger partial charge < -0.3 is 15.7 Å². The van der Waals surface area contributed by atoms with Gasteiger partial charge in [-0.3, -0.25) is 4.79 Å². The summed E-state index contributed by atoms with van der Waals surface area (Å²) < 4.78 is 0. The van der Waals surface area contributed by atoms with Crippen molar-refractivity contribution in [3.8, 4) is 0 Å². The summed E-state index contributed by atoms with van der Waals surface area (Å²) in [7, 11) is 0. The minimum atomic E-state index is -0.450. The average molecular weight is 220 g/mol. The van der Waals surface area contributed by atoms with Gasteiger partial charge in [-0.25, -0.2) is 0 Å². The molecule has 0 saturated carbocycles. The van der Waals surface area contributed by atoms with E-state index in [4.69, 9.17) is 10.8 Å². The number of amides is 1. The van der Waals surface area contributed by atoms with Gasteiger partial charge in [-0.15, -0.1) is 0 Å². The van der Waals surface area contributed by atoms with E-state index in [1.165, 1.54) is 0 Å². The molecule has 1 aliphatic heterocycles. The van der Waals surface area contributed by atoms with Gasteiger partial charge in [0.1, 0.15) is 0 Å². The van der Waals surface area contributed by atoms with E-state index >= 15 is 0 Å². The quantitative estimate of drug-likeness (QED) is 0.769. The number of para-hydroxylation sites is 1. The van der Waals surface area contributed by atoms with Gasteiger partial charge in [0.05, 0.1) is 6.04 Å². The monoisotopic (exact) mass is 220 g/mol. The van der Waals surface area contributed by atoms with Crippen LogP contribution in [0.15, 0.2) is 24.3 Å². The molecule has 3 N–H and O–H groups in total. The normalized spacial score (nSPS) is 19.8. The molecule has 16 heavy (non-hydrogen) atoms. The second kappa shape index (κ2) is 4.63. The van der Waals surface area contributed by atoms with Crippen LogP contribution in [0.2, 0.25) is 0 Å². The summed E-state index contributed by atoms with van der Waals surface area (Å²) in [5, 5.41) is 8.83. The van der Waals surface area contributed by atoms with Crippen molar-refractivity contribution in [3.05, 3.63) is 29.8 Å². The molecule has 4 nitrogen and oxygen atoms in total. The number of hydrogen-bond acceptors (Lipinski definition) is 3. The van der Waals surface area contributed by atoms with Gasteiger partial charge in [0.2, 0.25) is 5.91 Å². The van der Waals surface area contributed by atoms with Gasteiger partial charge in [-0.1, -0.05) is 18.2 Å². The summed E-state index contributed by atoms with van der Waals surface area (Å²) in [6, 6.07) is 7.33. The number of fused-ring (bicyclic) bond motifs is 1. The van der Waals surface area contributed by atoms with Crippen LogP contribution >= 0.6 is 0 Å². The van der Waals surface area contributed by atoms with Crippen LogP contribution in [0, 0.1) is 0 Å². The van der Waals surface area contributed by atoms with E-state index in [1.807, 2.05) is 24.3 Å². The predicted molar refractivity (Wildman–Crippen MR) is 62.2 cm³/mol. The van der Waals surface area contributed by atoms with E-state index in [0.717, 1.165) is 11.3 Å². The molecule has 0 aromatic heterocycles. The average Bonchev–Trinajstić information content (AvgIpc) is 2.30. The van der Waals surface area contributed by atoms with Gasteiger partial charge in [0.15, 0.2) is 0 Å². The lowest BCUT2D eigenvalue weighted by atomic mass is 9.97. The number of nitrogens with zero attached hydrogens (tertiary/aromatic N) is 1. The Morgan fingerprint density at radius 1 is 1.44 bits per heavy atom. The minimum absolute atomic E-state index is 0.0489. The highest BCUT2D eigenvalue weighted by Crippen LogP contribution is 2.26. The Bertz CT molecular complexity index is 392. The molecule has 1 unspecified atom stereocenters. The maximum Gasteiger partial charge on any atom is 0.244 e. The molecule has 1 heterocycles. The molecule has 2 rings (SSSR count). The van der Waals surface area contributed by atoms with Crippen molar-refractivity contribution in [1.29, 1.82) is 0 Å². The van der Waals surface area contributed by atoms with Crippen molar-refractivity contribution in [2.45, 2.75) is 18.9 Å². The first-order valence-corrected chi connectivity index (χ1v) is 5.49. The number of nitrogens with two attached hydrogens (primary N) is 1. The fourth-order valence-corrected chi connectivity index (χ4v) is 2.05. The lowest BCUT2D eigenvalue weighted by Crippen LogP contribution is -2.49. The molecule has 1 aliphatic rings. The van der Waals surface area contributed by atoms with Crippen LogP contribution in [-0.4, -0.2) is 30.2 Å². The number of hydrogen-bond donors (Lipinski definition) is 2. The van der Waals surface area contributed by atoms with Gasteiger partial charge in [-0.05, 0) is 24.5 Å². The number of benzene rings is 1. The topological polar surface area (TPSA) is 66.6 Å². The molecule has 1 aromatic carbocycles. The summed E-state index contributed by atoms with van der Waals surface area (Å²) in [5.74, 6) is -0.0489. The van der Waals surface area contributed by atoms with Gasteiger partial charge in [0, 0.05) is 18.8 Å². The molecule has 0 radical (unpaired) electrons. The van der Waals surface area contributed by atoms with Crippen molar-refractivity contribution in [1.82, 2.24) is 0 Å². The Morgan fingerprint density at radius 2 is 2.19 bits per heavy atom. The van der Waals surface area contributed by atoms with Crippen molar-refractivity contribution in [3.63, 3.8) is 0 Å².